The summed E-state index contributed by atoms with van der Waals surface area (Å²) < 4.78 is 18.0. The Bertz CT molecular complexity index is 278. The molecule has 0 aliphatic carbocycles. The van der Waals surface area contributed by atoms with Crippen molar-refractivity contribution < 1.29 is 14.0 Å². The van der Waals surface area contributed by atoms with Crippen LogP contribution in [0.1, 0.15) is 5.56 Å². The molecule has 13 heavy (non-hydrogen) atoms. The first-order valence-electron chi connectivity index (χ1n) is 3.86. The minimum atomic E-state index is -0.273. The second-order valence-corrected chi connectivity index (χ2v) is 2.48. The second-order valence-electron chi connectivity index (χ2n) is 2.48. The van der Waals surface area contributed by atoms with Crippen LogP contribution in [-0.4, -0.2) is 14.2 Å². The van der Waals surface area contributed by atoms with E-state index in [0.29, 0.717) is 17.9 Å². The van der Waals surface area contributed by atoms with Gasteiger partial charge in [0.1, 0.15) is 11.6 Å². The summed E-state index contributed by atoms with van der Waals surface area (Å²) in [4.78, 5) is 4.62. The van der Waals surface area contributed by atoms with E-state index >= 15 is 0 Å². The fourth-order valence-electron chi connectivity index (χ4n) is 0.963. The highest BCUT2D eigenvalue weighted by Crippen LogP contribution is 2.15. The third kappa shape index (κ3) is 2.68. The van der Waals surface area contributed by atoms with Crippen molar-refractivity contribution in [2.24, 2.45) is 0 Å². The molecule has 0 saturated heterocycles. The van der Waals surface area contributed by atoms with Crippen LogP contribution in [0.5, 0.6) is 5.75 Å². The van der Waals surface area contributed by atoms with Gasteiger partial charge in [-0.3, -0.25) is 0 Å². The molecule has 0 unspecified atom stereocenters. The number of hydrogen-bond acceptors (Lipinski definition) is 3. The monoisotopic (exact) mass is 185 g/mol. The lowest BCUT2D eigenvalue weighted by atomic mass is 10.2. The maximum absolute atomic E-state index is 13.1. The summed E-state index contributed by atoms with van der Waals surface area (Å²) in [7, 11) is 3.03. The summed E-state index contributed by atoms with van der Waals surface area (Å²) in [5.74, 6) is 0.361. The quantitative estimate of drug-likeness (QED) is 0.721. The average molecular weight is 185 g/mol. The molecule has 0 aromatic heterocycles. The molecule has 1 aromatic carbocycles. The molecule has 0 amide bonds. The molecule has 0 heterocycles. The van der Waals surface area contributed by atoms with Gasteiger partial charge in [-0.05, 0) is 18.2 Å². The average Bonchev–Trinajstić information content (AvgIpc) is 2.17. The fraction of sp³-hybridized carbons (Fsp3) is 0.333. The Kier molecular flexibility index (Phi) is 3.67. The maximum Gasteiger partial charge on any atom is 0.128 e. The van der Waals surface area contributed by atoms with Gasteiger partial charge in [-0.1, -0.05) is 0 Å². The molecule has 1 rings (SSSR count). The molecule has 0 aliphatic heterocycles. The smallest absolute Gasteiger partial charge is 0.128 e. The molecule has 1 N–H and O–H groups in total. The van der Waals surface area contributed by atoms with Crippen molar-refractivity contribution in [3.05, 3.63) is 29.6 Å². The molecule has 72 valence electrons. The Morgan fingerprint density at radius 2 is 2.15 bits per heavy atom. The number of nitrogens with one attached hydrogen (secondary N) is 1. The largest absolute Gasteiger partial charge is 0.497 e. The van der Waals surface area contributed by atoms with E-state index in [9.17, 15) is 4.39 Å². The van der Waals surface area contributed by atoms with Crippen LogP contribution in [0.4, 0.5) is 4.39 Å². The van der Waals surface area contributed by atoms with Gasteiger partial charge in [-0.2, -0.15) is 5.48 Å². The Hall–Kier alpha value is -1.13. The number of methoxy groups -OCH3 is 1. The highest BCUT2D eigenvalue weighted by Gasteiger charge is 2.02. The van der Waals surface area contributed by atoms with Crippen LogP contribution < -0.4 is 10.2 Å². The van der Waals surface area contributed by atoms with Crippen molar-refractivity contribution in [2.45, 2.75) is 6.54 Å². The summed E-state index contributed by atoms with van der Waals surface area (Å²) in [6.45, 7) is 0.319. The first-order chi connectivity index (χ1) is 6.27. The summed E-state index contributed by atoms with van der Waals surface area (Å²) in [5.41, 5.74) is 3.08. The standard InChI is InChI=1S/C9H12FNO2/c1-12-8-3-4-9(10)7(5-8)6-11-13-2/h3-5,11H,6H2,1-2H3. The fourth-order valence-corrected chi connectivity index (χ4v) is 0.963. The maximum atomic E-state index is 13.1. The van der Waals surface area contributed by atoms with Gasteiger partial charge in [-0.25, -0.2) is 4.39 Å². The van der Waals surface area contributed by atoms with Crippen LogP contribution in [-0.2, 0) is 11.4 Å². The van der Waals surface area contributed by atoms with E-state index in [2.05, 4.69) is 10.3 Å². The molecule has 0 fully saturated rings. The van der Waals surface area contributed by atoms with E-state index in [0.717, 1.165) is 0 Å². The number of ether oxygens (including phenoxy) is 1. The van der Waals surface area contributed by atoms with Crippen LogP contribution in [0.15, 0.2) is 18.2 Å². The zero-order chi connectivity index (χ0) is 9.68. The lowest BCUT2D eigenvalue weighted by molar-refractivity contribution is 0.0859. The molecular formula is C9H12FNO2. The van der Waals surface area contributed by atoms with Gasteiger partial charge in [0.05, 0.1) is 14.2 Å². The third-order valence-electron chi connectivity index (χ3n) is 1.66. The Balaban J connectivity index is 2.78. The molecule has 0 aliphatic rings. The van der Waals surface area contributed by atoms with Crippen molar-refractivity contribution >= 4 is 0 Å². The lowest BCUT2D eigenvalue weighted by Crippen LogP contribution is -2.12. The van der Waals surface area contributed by atoms with E-state index in [1.165, 1.54) is 13.2 Å². The number of rotatable bonds is 4. The van der Waals surface area contributed by atoms with E-state index in [-0.39, 0.29) is 5.82 Å². The normalized spacial score (nSPS) is 10.1. The van der Waals surface area contributed by atoms with Crippen LogP contribution >= 0.6 is 0 Å². The molecule has 3 nitrogen and oxygen atoms in total. The van der Waals surface area contributed by atoms with Crippen LogP contribution in [0.2, 0.25) is 0 Å². The van der Waals surface area contributed by atoms with Crippen LogP contribution in [0, 0.1) is 5.82 Å². The highest BCUT2D eigenvalue weighted by atomic mass is 19.1. The summed E-state index contributed by atoms with van der Waals surface area (Å²) >= 11 is 0. The zero-order valence-electron chi connectivity index (χ0n) is 7.63. The van der Waals surface area contributed by atoms with E-state index in [1.807, 2.05) is 0 Å². The topological polar surface area (TPSA) is 30.5 Å². The van der Waals surface area contributed by atoms with Gasteiger partial charge in [0.2, 0.25) is 0 Å². The molecule has 0 radical (unpaired) electrons. The Morgan fingerprint density at radius 1 is 1.38 bits per heavy atom. The van der Waals surface area contributed by atoms with Crippen LogP contribution in [0.3, 0.4) is 0 Å². The predicted molar refractivity (Wildman–Crippen MR) is 46.8 cm³/mol. The second kappa shape index (κ2) is 4.79. The van der Waals surface area contributed by atoms with Gasteiger partial charge < -0.3 is 9.57 Å². The first-order valence-corrected chi connectivity index (χ1v) is 3.86. The number of benzene rings is 1. The van der Waals surface area contributed by atoms with Crippen molar-refractivity contribution in [2.75, 3.05) is 14.2 Å². The van der Waals surface area contributed by atoms with Crippen molar-refractivity contribution in [3.63, 3.8) is 0 Å². The molecule has 0 saturated carbocycles. The summed E-state index contributed by atoms with van der Waals surface area (Å²) in [6.07, 6.45) is 0. The predicted octanol–water partition coefficient (Wildman–Crippen LogP) is 1.49. The number of hydrogen-bond donors (Lipinski definition) is 1. The van der Waals surface area contributed by atoms with Gasteiger partial charge in [0.15, 0.2) is 0 Å². The van der Waals surface area contributed by atoms with Gasteiger partial charge in [0.25, 0.3) is 0 Å². The van der Waals surface area contributed by atoms with Crippen LogP contribution in [0.25, 0.3) is 0 Å². The Morgan fingerprint density at radius 3 is 2.77 bits per heavy atom. The molecule has 1 aromatic rings. The highest BCUT2D eigenvalue weighted by molar-refractivity contribution is 5.29. The molecular weight excluding hydrogens is 173 g/mol. The van der Waals surface area contributed by atoms with Crippen molar-refractivity contribution in [1.29, 1.82) is 0 Å². The van der Waals surface area contributed by atoms with Gasteiger partial charge in [-0.15, -0.1) is 0 Å². The van der Waals surface area contributed by atoms with E-state index in [1.54, 1.807) is 19.2 Å². The summed E-state index contributed by atoms with van der Waals surface area (Å²) in [5, 5.41) is 0. The zero-order valence-corrected chi connectivity index (χ0v) is 7.63. The van der Waals surface area contributed by atoms with Gasteiger partial charge in [0, 0.05) is 12.1 Å². The number of hydroxylamine groups is 1. The lowest BCUT2D eigenvalue weighted by Gasteiger charge is -2.05. The van der Waals surface area contributed by atoms with Crippen molar-refractivity contribution in [1.82, 2.24) is 5.48 Å². The summed E-state index contributed by atoms with van der Waals surface area (Å²) in [6, 6.07) is 4.57. The Labute approximate surface area is 76.4 Å². The molecule has 0 atom stereocenters. The molecule has 4 heteroatoms. The third-order valence-corrected chi connectivity index (χ3v) is 1.66. The number of halogens is 1. The minimum absolute atomic E-state index is 0.273. The molecule has 0 spiro atoms. The molecule has 0 bridgehead atoms. The first kappa shape index (κ1) is 9.95. The van der Waals surface area contributed by atoms with Crippen molar-refractivity contribution in [3.8, 4) is 5.75 Å². The SMILES string of the molecule is CONCc1cc(OC)ccc1F. The van der Waals surface area contributed by atoms with E-state index < -0.39 is 0 Å². The van der Waals surface area contributed by atoms with Gasteiger partial charge >= 0.3 is 0 Å². The van der Waals surface area contributed by atoms with E-state index in [4.69, 9.17) is 4.74 Å². The minimum Gasteiger partial charge on any atom is -0.497 e.